The maximum absolute atomic E-state index is 10.9. The number of aryl methyl sites for hydroxylation is 1. The summed E-state index contributed by atoms with van der Waals surface area (Å²) >= 11 is 1.58. The van der Waals surface area contributed by atoms with Gasteiger partial charge in [-0.25, -0.2) is 4.98 Å². The molecule has 0 atom stereocenters. The van der Waals surface area contributed by atoms with Gasteiger partial charge >= 0.3 is 5.97 Å². The van der Waals surface area contributed by atoms with Crippen LogP contribution in [0.25, 0.3) is 4.96 Å². The molecule has 104 valence electrons. The van der Waals surface area contributed by atoms with Crippen molar-refractivity contribution in [2.45, 2.75) is 26.8 Å². The molecule has 0 amide bonds. The normalized spacial score (nSPS) is 11.3. The Balaban J connectivity index is 1.90. The smallest absolute Gasteiger partial charge is 0.307 e. The van der Waals surface area contributed by atoms with Crippen LogP contribution in [0.4, 0.5) is 0 Å². The third-order valence-corrected chi connectivity index (χ3v) is 4.08. The zero-order chi connectivity index (χ0) is 14.3. The zero-order valence-electron chi connectivity index (χ0n) is 11.2. The van der Waals surface area contributed by atoms with Gasteiger partial charge in [-0.05, 0) is 13.8 Å². The lowest BCUT2D eigenvalue weighted by atomic mass is 10.1. The molecule has 0 aliphatic carbocycles. The van der Waals surface area contributed by atoms with Gasteiger partial charge in [-0.3, -0.25) is 13.9 Å². The van der Waals surface area contributed by atoms with Crippen LogP contribution in [-0.2, 0) is 17.8 Å². The summed E-state index contributed by atoms with van der Waals surface area (Å²) in [6.45, 7) is 4.30. The fraction of sp³-hybridized carbons (Fsp3) is 0.308. The van der Waals surface area contributed by atoms with Gasteiger partial charge in [0.15, 0.2) is 4.96 Å². The molecule has 3 aromatic rings. The van der Waals surface area contributed by atoms with E-state index < -0.39 is 5.97 Å². The number of fused-ring (bicyclic) bond motifs is 1. The van der Waals surface area contributed by atoms with E-state index in [2.05, 4.69) is 10.1 Å². The number of aromatic nitrogens is 4. The molecule has 0 radical (unpaired) electrons. The Hall–Kier alpha value is -2.15. The molecule has 0 aromatic carbocycles. The second kappa shape index (κ2) is 4.75. The summed E-state index contributed by atoms with van der Waals surface area (Å²) in [4.78, 5) is 16.3. The second-order valence-corrected chi connectivity index (χ2v) is 5.58. The number of hydrogen-bond donors (Lipinski definition) is 1. The summed E-state index contributed by atoms with van der Waals surface area (Å²) in [6, 6.07) is 0. The van der Waals surface area contributed by atoms with Gasteiger partial charge in [-0.1, -0.05) is 0 Å². The van der Waals surface area contributed by atoms with Gasteiger partial charge in [0.05, 0.1) is 24.4 Å². The van der Waals surface area contributed by atoms with E-state index in [1.807, 2.05) is 40.7 Å². The van der Waals surface area contributed by atoms with Crippen LogP contribution in [0, 0.1) is 13.8 Å². The molecule has 20 heavy (non-hydrogen) atoms. The SMILES string of the molecule is Cc1nn(Cc2cn3ccsc3n2)c(C)c1CC(=O)O. The predicted molar refractivity (Wildman–Crippen MR) is 75.2 cm³/mol. The van der Waals surface area contributed by atoms with Crippen molar-refractivity contribution in [1.82, 2.24) is 19.2 Å². The lowest BCUT2D eigenvalue weighted by Crippen LogP contribution is -2.06. The highest BCUT2D eigenvalue weighted by Gasteiger charge is 2.15. The van der Waals surface area contributed by atoms with Crippen LogP contribution < -0.4 is 0 Å². The third kappa shape index (κ3) is 2.20. The first-order valence-corrected chi connectivity index (χ1v) is 7.08. The minimum atomic E-state index is -0.835. The highest BCUT2D eigenvalue weighted by Crippen LogP contribution is 2.17. The molecule has 0 saturated heterocycles. The summed E-state index contributed by atoms with van der Waals surface area (Å²) in [5, 5.41) is 15.3. The fourth-order valence-electron chi connectivity index (χ4n) is 2.30. The van der Waals surface area contributed by atoms with Crippen LogP contribution in [-0.4, -0.2) is 30.2 Å². The highest BCUT2D eigenvalue weighted by molar-refractivity contribution is 7.15. The van der Waals surface area contributed by atoms with Crippen molar-refractivity contribution >= 4 is 22.3 Å². The van der Waals surface area contributed by atoms with Gasteiger partial charge < -0.3 is 5.11 Å². The first-order chi connectivity index (χ1) is 9.54. The van der Waals surface area contributed by atoms with E-state index in [0.717, 1.165) is 27.6 Å². The average molecular weight is 290 g/mol. The first-order valence-electron chi connectivity index (χ1n) is 6.20. The van der Waals surface area contributed by atoms with Crippen LogP contribution >= 0.6 is 11.3 Å². The minimum absolute atomic E-state index is 0.00987. The molecule has 3 rings (SSSR count). The number of hydrogen-bond acceptors (Lipinski definition) is 4. The standard InChI is InChI=1S/C13H14N4O2S/c1-8-11(5-12(18)19)9(2)17(15-8)7-10-6-16-3-4-20-13(16)14-10/h3-4,6H,5,7H2,1-2H3,(H,18,19). The molecule has 6 nitrogen and oxygen atoms in total. The summed E-state index contributed by atoms with van der Waals surface area (Å²) in [5.41, 5.74) is 3.37. The topological polar surface area (TPSA) is 72.4 Å². The largest absolute Gasteiger partial charge is 0.481 e. The number of carboxylic acid groups (broad SMARTS) is 1. The van der Waals surface area contributed by atoms with Crippen molar-refractivity contribution in [2.75, 3.05) is 0 Å². The van der Waals surface area contributed by atoms with E-state index >= 15 is 0 Å². The molecule has 0 bridgehead atoms. The number of nitrogens with zero attached hydrogens (tertiary/aromatic N) is 4. The highest BCUT2D eigenvalue weighted by atomic mass is 32.1. The molecule has 0 saturated carbocycles. The molecule has 0 unspecified atom stereocenters. The monoisotopic (exact) mass is 290 g/mol. The summed E-state index contributed by atoms with van der Waals surface area (Å²) in [6.07, 6.45) is 3.95. The van der Waals surface area contributed by atoms with Crippen LogP contribution in [0.5, 0.6) is 0 Å². The number of rotatable bonds is 4. The molecule has 0 aliphatic heterocycles. The Labute approximate surface area is 119 Å². The van der Waals surface area contributed by atoms with Crippen molar-refractivity contribution in [3.8, 4) is 0 Å². The molecular formula is C13H14N4O2S. The van der Waals surface area contributed by atoms with E-state index in [9.17, 15) is 4.79 Å². The Morgan fingerprint density at radius 1 is 1.45 bits per heavy atom. The quantitative estimate of drug-likeness (QED) is 0.796. The van der Waals surface area contributed by atoms with Crippen LogP contribution in [0.3, 0.4) is 0 Å². The van der Waals surface area contributed by atoms with Gasteiger partial charge in [0.1, 0.15) is 0 Å². The molecule has 1 N–H and O–H groups in total. The first kappa shape index (κ1) is 12.9. The molecular weight excluding hydrogens is 276 g/mol. The Morgan fingerprint density at radius 2 is 2.25 bits per heavy atom. The maximum atomic E-state index is 10.9. The predicted octanol–water partition coefficient (Wildman–Crippen LogP) is 1.88. The molecule has 7 heteroatoms. The van der Waals surface area contributed by atoms with E-state index in [1.54, 1.807) is 11.3 Å². The van der Waals surface area contributed by atoms with Gasteiger partial charge in [0, 0.05) is 29.0 Å². The van der Waals surface area contributed by atoms with E-state index in [0.29, 0.717) is 6.54 Å². The van der Waals surface area contributed by atoms with Crippen molar-refractivity contribution in [1.29, 1.82) is 0 Å². The fourth-order valence-corrected chi connectivity index (χ4v) is 3.02. The number of imidazole rings is 1. The van der Waals surface area contributed by atoms with Crippen LogP contribution in [0.15, 0.2) is 17.8 Å². The van der Waals surface area contributed by atoms with E-state index in [4.69, 9.17) is 5.11 Å². The Kier molecular flexibility index (Phi) is 3.06. The maximum Gasteiger partial charge on any atom is 0.307 e. The zero-order valence-corrected chi connectivity index (χ0v) is 12.0. The summed E-state index contributed by atoms with van der Waals surface area (Å²) in [7, 11) is 0. The molecule has 3 heterocycles. The van der Waals surface area contributed by atoms with Crippen molar-refractivity contribution < 1.29 is 9.90 Å². The van der Waals surface area contributed by atoms with Gasteiger partial charge in [-0.2, -0.15) is 5.10 Å². The number of aliphatic carboxylic acids is 1. The lowest BCUT2D eigenvalue weighted by molar-refractivity contribution is -0.136. The average Bonchev–Trinajstić information content (AvgIpc) is 2.99. The van der Waals surface area contributed by atoms with Gasteiger partial charge in [-0.15, -0.1) is 11.3 Å². The number of carbonyl (C=O) groups is 1. The molecule has 0 fully saturated rings. The minimum Gasteiger partial charge on any atom is -0.481 e. The number of carboxylic acids is 1. The van der Waals surface area contributed by atoms with Crippen molar-refractivity contribution in [3.63, 3.8) is 0 Å². The second-order valence-electron chi connectivity index (χ2n) is 4.70. The van der Waals surface area contributed by atoms with Gasteiger partial charge in [0.2, 0.25) is 0 Å². The van der Waals surface area contributed by atoms with Gasteiger partial charge in [0.25, 0.3) is 0 Å². The summed E-state index contributed by atoms with van der Waals surface area (Å²) < 4.78 is 3.80. The third-order valence-electron chi connectivity index (χ3n) is 3.31. The van der Waals surface area contributed by atoms with Crippen molar-refractivity contribution in [2.24, 2.45) is 0 Å². The lowest BCUT2D eigenvalue weighted by Gasteiger charge is -2.02. The molecule has 0 spiro atoms. The van der Waals surface area contributed by atoms with E-state index in [1.165, 1.54) is 0 Å². The van der Waals surface area contributed by atoms with E-state index in [-0.39, 0.29) is 6.42 Å². The number of thiazole rings is 1. The Bertz CT molecular complexity index is 755. The molecule has 0 aliphatic rings. The Morgan fingerprint density at radius 3 is 2.95 bits per heavy atom. The van der Waals surface area contributed by atoms with Crippen molar-refractivity contribution in [3.05, 3.63) is 40.4 Å². The van der Waals surface area contributed by atoms with Crippen LogP contribution in [0.2, 0.25) is 0 Å². The van der Waals surface area contributed by atoms with Crippen LogP contribution in [0.1, 0.15) is 22.6 Å². The summed E-state index contributed by atoms with van der Waals surface area (Å²) in [5.74, 6) is -0.835. The molecule has 3 aromatic heterocycles.